The molecule has 1 fully saturated rings. The van der Waals surface area contributed by atoms with E-state index in [1.165, 1.54) is 18.3 Å². The first-order chi connectivity index (χ1) is 9.36. The Kier molecular flexibility index (Phi) is 4.52. The lowest BCUT2D eigenvalue weighted by Crippen LogP contribution is -2.40. The number of carbonyl (C=O) groups is 1. The molecule has 2 rings (SSSR count). The zero-order chi connectivity index (χ0) is 14.8. The molecule has 0 unspecified atom stereocenters. The van der Waals surface area contributed by atoms with Crippen LogP contribution in [0.1, 0.15) is 36.0 Å². The van der Waals surface area contributed by atoms with Crippen molar-refractivity contribution < 1.29 is 18.0 Å². The van der Waals surface area contributed by atoms with Crippen molar-refractivity contribution in [2.24, 2.45) is 5.92 Å². The molecule has 0 saturated heterocycles. The topological polar surface area (TPSA) is 42.0 Å². The van der Waals surface area contributed by atoms with Crippen LogP contribution in [0.3, 0.4) is 0 Å². The van der Waals surface area contributed by atoms with Gasteiger partial charge in [0.1, 0.15) is 5.15 Å². The maximum Gasteiger partial charge on any atom is 0.391 e. The van der Waals surface area contributed by atoms with Gasteiger partial charge in [0.2, 0.25) is 0 Å². The van der Waals surface area contributed by atoms with Crippen molar-refractivity contribution in [3.8, 4) is 0 Å². The van der Waals surface area contributed by atoms with Crippen molar-refractivity contribution in [3.63, 3.8) is 0 Å². The van der Waals surface area contributed by atoms with E-state index >= 15 is 0 Å². The fourth-order valence-electron chi connectivity index (χ4n) is 2.38. The van der Waals surface area contributed by atoms with Gasteiger partial charge in [0.15, 0.2) is 0 Å². The largest absolute Gasteiger partial charge is 0.391 e. The quantitative estimate of drug-likeness (QED) is 0.849. The standard InChI is InChI=1S/C13H14ClF3N2O/c14-11-7-8(5-6-18-11)12(20)19-10-3-1-9(2-4-10)13(15,16)17/h5-7,9-10H,1-4H2,(H,19,20). The van der Waals surface area contributed by atoms with Crippen molar-refractivity contribution in [3.05, 3.63) is 29.0 Å². The lowest BCUT2D eigenvalue weighted by molar-refractivity contribution is -0.182. The molecule has 1 aliphatic rings. The molecule has 0 spiro atoms. The molecule has 1 heterocycles. The van der Waals surface area contributed by atoms with Crippen molar-refractivity contribution in [2.45, 2.75) is 37.9 Å². The Morgan fingerprint density at radius 3 is 2.50 bits per heavy atom. The number of pyridine rings is 1. The fraction of sp³-hybridized carbons (Fsp3) is 0.538. The monoisotopic (exact) mass is 306 g/mol. The Balaban J connectivity index is 1.88. The molecule has 1 N–H and O–H groups in total. The van der Waals surface area contributed by atoms with E-state index in [0.29, 0.717) is 18.4 Å². The van der Waals surface area contributed by atoms with Crippen LogP contribution in [-0.4, -0.2) is 23.1 Å². The van der Waals surface area contributed by atoms with Gasteiger partial charge >= 0.3 is 6.18 Å². The molecule has 0 atom stereocenters. The summed E-state index contributed by atoms with van der Waals surface area (Å²) in [6.45, 7) is 0. The van der Waals surface area contributed by atoms with E-state index in [0.717, 1.165) is 0 Å². The number of alkyl halides is 3. The lowest BCUT2D eigenvalue weighted by atomic mass is 9.85. The van der Waals surface area contributed by atoms with Crippen LogP contribution in [0.15, 0.2) is 18.3 Å². The number of amides is 1. The van der Waals surface area contributed by atoms with Crippen LogP contribution in [-0.2, 0) is 0 Å². The van der Waals surface area contributed by atoms with Crippen LogP contribution in [0.4, 0.5) is 13.2 Å². The summed E-state index contributed by atoms with van der Waals surface area (Å²) >= 11 is 5.68. The van der Waals surface area contributed by atoms with E-state index in [4.69, 9.17) is 11.6 Å². The van der Waals surface area contributed by atoms with Gasteiger partial charge in [-0.25, -0.2) is 4.98 Å². The van der Waals surface area contributed by atoms with Gasteiger partial charge in [-0.3, -0.25) is 4.79 Å². The summed E-state index contributed by atoms with van der Waals surface area (Å²) in [5.41, 5.74) is 0.364. The molecule has 0 aromatic carbocycles. The first-order valence-corrected chi connectivity index (χ1v) is 6.73. The van der Waals surface area contributed by atoms with Crippen molar-refractivity contribution in [1.82, 2.24) is 10.3 Å². The number of hydrogen-bond donors (Lipinski definition) is 1. The smallest absolute Gasteiger partial charge is 0.349 e. The minimum absolute atomic E-state index is 0.0611. The Morgan fingerprint density at radius 1 is 1.30 bits per heavy atom. The van der Waals surface area contributed by atoms with Gasteiger partial charge in [-0.05, 0) is 37.8 Å². The third kappa shape index (κ3) is 3.85. The van der Waals surface area contributed by atoms with Crippen LogP contribution in [0, 0.1) is 5.92 Å². The van der Waals surface area contributed by atoms with Gasteiger partial charge in [0, 0.05) is 17.8 Å². The van der Waals surface area contributed by atoms with Crippen LogP contribution in [0.5, 0.6) is 0 Å². The SMILES string of the molecule is O=C(NC1CCC(C(F)(F)F)CC1)c1ccnc(Cl)c1. The molecule has 3 nitrogen and oxygen atoms in total. The molecule has 0 aliphatic heterocycles. The van der Waals surface area contributed by atoms with E-state index in [1.807, 2.05) is 0 Å². The number of nitrogens with zero attached hydrogens (tertiary/aromatic N) is 1. The third-order valence-corrected chi connectivity index (χ3v) is 3.72. The Bertz CT molecular complexity index is 485. The number of halogens is 4. The van der Waals surface area contributed by atoms with Crippen molar-refractivity contribution >= 4 is 17.5 Å². The highest BCUT2D eigenvalue weighted by Crippen LogP contribution is 2.37. The maximum atomic E-state index is 12.5. The number of aromatic nitrogens is 1. The van der Waals surface area contributed by atoms with Gasteiger partial charge in [-0.1, -0.05) is 11.6 Å². The number of carbonyl (C=O) groups excluding carboxylic acids is 1. The van der Waals surface area contributed by atoms with Crippen LogP contribution < -0.4 is 5.32 Å². The minimum Gasteiger partial charge on any atom is -0.349 e. The summed E-state index contributed by atoms with van der Waals surface area (Å²) in [7, 11) is 0. The fourth-order valence-corrected chi connectivity index (χ4v) is 2.55. The molecule has 20 heavy (non-hydrogen) atoms. The molecular weight excluding hydrogens is 293 g/mol. The summed E-state index contributed by atoms with van der Waals surface area (Å²) in [4.78, 5) is 15.7. The average Bonchev–Trinajstić information content (AvgIpc) is 2.38. The normalized spacial score (nSPS) is 23.4. The van der Waals surface area contributed by atoms with Gasteiger partial charge < -0.3 is 5.32 Å². The number of hydrogen-bond acceptors (Lipinski definition) is 2. The number of nitrogens with one attached hydrogen (secondary N) is 1. The highest BCUT2D eigenvalue weighted by molar-refractivity contribution is 6.29. The second kappa shape index (κ2) is 5.99. The summed E-state index contributed by atoms with van der Waals surface area (Å²) < 4.78 is 37.6. The highest BCUT2D eigenvalue weighted by Gasteiger charge is 2.41. The summed E-state index contributed by atoms with van der Waals surface area (Å²) in [5, 5.41) is 2.95. The zero-order valence-electron chi connectivity index (χ0n) is 10.6. The van der Waals surface area contributed by atoms with Gasteiger partial charge in [-0.15, -0.1) is 0 Å². The van der Waals surface area contributed by atoms with E-state index in [9.17, 15) is 18.0 Å². The van der Waals surface area contributed by atoms with Crippen molar-refractivity contribution in [1.29, 1.82) is 0 Å². The lowest BCUT2D eigenvalue weighted by Gasteiger charge is -2.30. The van der Waals surface area contributed by atoms with Crippen LogP contribution in [0.25, 0.3) is 0 Å². The summed E-state index contributed by atoms with van der Waals surface area (Å²) in [5.74, 6) is -1.57. The average molecular weight is 307 g/mol. The van der Waals surface area contributed by atoms with Gasteiger partial charge in [0.25, 0.3) is 5.91 Å². The van der Waals surface area contributed by atoms with E-state index in [-0.39, 0.29) is 29.9 Å². The van der Waals surface area contributed by atoms with E-state index < -0.39 is 12.1 Å². The summed E-state index contributed by atoms with van der Waals surface area (Å²) in [6.07, 6.45) is -1.91. The molecule has 110 valence electrons. The Hall–Kier alpha value is -1.30. The first-order valence-electron chi connectivity index (χ1n) is 6.35. The number of rotatable bonds is 2. The molecule has 0 bridgehead atoms. The van der Waals surface area contributed by atoms with E-state index in [1.54, 1.807) is 0 Å². The predicted molar refractivity (Wildman–Crippen MR) is 68.5 cm³/mol. The van der Waals surface area contributed by atoms with Crippen molar-refractivity contribution in [2.75, 3.05) is 0 Å². The molecule has 1 aromatic heterocycles. The Labute approximate surface area is 119 Å². The predicted octanol–water partition coefficient (Wildman–Crippen LogP) is 3.59. The molecule has 7 heteroatoms. The molecule has 1 aliphatic carbocycles. The molecule has 1 saturated carbocycles. The molecular formula is C13H14ClF3N2O. The zero-order valence-corrected chi connectivity index (χ0v) is 11.3. The highest BCUT2D eigenvalue weighted by atomic mass is 35.5. The minimum atomic E-state index is -4.13. The van der Waals surface area contributed by atoms with Gasteiger partial charge in [0.05, 0.1) is 5.92 Å². The second-order valence-electron chi connectivity index (χ2n) is 4.93. The molecule has 1 aromatic rings. The van der Waals surface area contributed by atoms with Crippen LogP contribution in [0.2, 0.25) is 5.15 Å². The van der Waals surface area contributed by atoms with E-state index in [2.05, 4.69) is 10.3 Å². The third-order valence-electron chi connectivity index (χ3n) is 3.51. The second-order valence-corrected chi connectivity index (χ2v) is 5.32. The summed E-state index contributed by atoms with van der Waals surface area (Å²) in [6, 6.07) is 2.73. The molecule has 1 amide bonds. The Morgan fingerprint density at radius 2 is 1.95 bits per heavy atom. The molecule has 0 radical (unpaired) electrons. The van der Waals surface area contributed by atoms with Gasteiger partial charge in [-0.2, -0.15) is 13.2 Å². The first kappa shape index (κ1) is 15.1. The maximum absolute atomic E-state index is 12.5. The van der Waals surface area contributed by atoms with Crippen LogP contribution >= 0.6 is 11.6 Å².